The fraction of sp³-hybridized carbons (Fsp3) is 0.448. The maximum Gasteiger partial charge on any atom is 0.408 e. The number of esters is 2. The minimum Gasteiger partial charge on any atom is -0.462 e. The number of alkyl halides is 1. The third-order valence-corrected chi connectivity index (χ3v) is 5.98. The molecular weight excluding hydrogens is 540 g/mol. The van der Waals surface area contributed by atoms with E-state index in [1.165, 1.54) is 12.1 Å². The first kappa shape index (κ1) is 32.4. The van der Waals surface area contributed by atoms with Crippen molar-refractivity contribution < 1.29 is 38.1 Å². The monoisotopic (exact) mass is 576 g/mol. The molecule has 0 aliphatic carbocycles. The average molecular weight is 577 g/mol. The molecule has 0 aliphatic heterocycles. The van der Waals surface area contributed by atoms with Gasteiger partial charge < -0.3 is 29.6 Å². The van der Waals surface area contributed by atoms with Crippen molar-refractivity contribution in [2.75, 3.05) is 19.8 Å². The number of benzene rings is 2. The van der Waals surface area contributed by atoms with E-state index in [-0.39, 0.29) is 37.9 Å². The summed E-state index contributed by atoms with van der Waals surface area (Å²) in [5.74, 6) is -2.46. The van der Waals surface area contributed by atoms with Gasteiger partial charge in [-0.15, -0.1) is 0 Å². The number of nitrogens with one attached hydrogen (secondary N) is 2. The van der Waals surface area contributed by atoms with Gasteiger partial charge in [0.15, 0.2) is 0 Å². The molecule has 0 saturated carbocycles. The fourth-order valence-corrected chi connectivity index (χ4v) is 3.73. The largest absolute Gasteiger partial charge is 0.462 e. The molecule has 0 aliphatic rings. The van der Waals surface area contributed by atoms with Crippen LogP contribution in [0, 0.1) is 0 Å². The van der Waals surface area contributed by atoms with Crippen LogP contribution in [0.5, 0.6) is 5.75 Å². The molecule has 0 fully saturated rings. The van der Waals surface area contributed by atoms with Crippen LogP contribution in [0.4, 0.5) is 4.79 Å². The van der Waals surface area contributed by atoms with Crippen LogP contribution in [0.15, 0.2) is 54.6 Å². The fourth-order valence-electron chi connectivity index (χ4n) is 3.53. The zero-order valence-corrected chi connectivity index (χ0v) is 23.8. The maximum atomic E-state index is 12.9. The van der Waals surface area contributed by atoms with Crippen LogP contribution in [0.3, 0.4) is 0 Å². The van der Waals surface area contributed by atoms with E-state index in [9.17, 15) is 19.2 Å². The number of hydrogen-bond acceptors (Lipinski definition) is 8. The number of hydrogen-bond donors (Lipinski definition) is 2. The molecule has 218 valence electrons. The van der Waals surface area contributed by atoms with Crippen LogP contribution >= 0.6 is 11.6 Å². The molecule has 0 radical (unpaired) electrons. The summed E-state index contributed by atoms with van der Waals surface area (Å²) in [6.45, 7) is 5.71. The number of carbonyl (C=O) groups is 4. The second-order valence-electron chi connectivity index (χ2n) is 8.74. The number of unbranched alkanes of at least 4 members (excludes halogenated alkanes) is 2. The third-order valence-electron chi connectivity index (χ3n) is 5.60. The van der Waals surface area contributed by atoms with Crippen molar-refractivity contribution in [1.29, 1.82) is 0 Å². The Kier molecular flexibility index (Phi) is 13.8. The lowest BCUT2D eigenvalue weighted by molar-refractivity contribution is -0.170. The molecule has 2 rings (SSSR count). The van der Waals surface area contributed by atoms with Gasteiger partial charge in [0.05, 0.1) is 13.2 Å². The van der Waals surface area contributed by atoms with E-state index in [1.54, 1.807) is 26.0 Å². The molecule has 2 aromatic rings. The SMILES string of the molecule is CCCCCNC(=O)[C@H](Cc1ccc(OC(Cl)(C(=O)OCC)C(=O)OCC)cc1)NC(=O)OCc1ccccc1. The maximum absolute atomic E-state index is 12.9. The Morgan fingerprint density at radius 3 is 2.02 bits per heavy atom. The first-order valence-corrected chi connectivity index (χ1v) is 13.7. The molecular formula is C29H37ClN2O8. The summed E-state index contributed by atoms with van der Waals surface area (Å²) in [6, 6.07) is 14.5. The Labute approximate surface area is 239 Å². The second-order valence-corrected chi connectivity index (χ2v) is 9.28. The molecule has 0 saturated heterocycles. The van der Waals surface area contributed by atoms with E-state index >= 15 is 0 Å². The van der Waals surface area contributed by atoms with Crippen molar-refractivity contribution in [3.05, 3.63) is 65.7 Å². The van der Waals surface area contributed by atoms with Gasteiger partial charge >= 0.3 is 23.1 Å². The highest BCUT2D eigenvalue weighted by Gasteiger charge is 2.50. The first-order chi connectivity index (χ1) is 19.2. The number of alkyl carbamates (subject to hydrolysis) is 1. The highest BCUT2D eigenvalue weighted by molar-refractivity contribution is 6.43. The van der Waals surface area contributed by atoms with Gasteiger partial charge in [0.2, 0.25) is 5.91 Å². The van der Waals surface area contributed by atoms with Crippen LogP contribution in [-0.4, -0.2) is 54.8 Å². The lowest BCUT2D eigenvalue weighted by Gasteiger charge is -2.24. The van der Waals surface area contributed by atoms with Gasteiger partial charge in [-0.25, -0.2) is 14.4 Å². The smallest absolute Gasteiger partial charge is 0.408 e. The normalized spacial score (nSPS) is 11.6. The van der Waals surface area contributed by atoms with Crippen LogP contribution in [0.2, 0.25) is 0 Å². The van der Waals surface area contributed by atoms with Gasteiger partial charge in [0.25, 0.3) is 0 Å². The quantitative estimate of drug-likeness (QED) is 0.0996. The van der Waals surface area contributed by atoms with Gasteiger partial charge in [-0.2, -0.15) is 0 Å². The van der Waals surface area contributed by atoms with Crippen molar-refractivity contribution in [3.63, 3.8) is 0 Å². The molecule has 0 spiro atoms. The predicted octanol–water partition coefficient (Wildman–Crippen LogP) is 4.27. The number of halogens is 1. The Morgan fingerprint density at radius 1 is 0.825 bits per heavy atom. The highest BCUT2D eigenvalue weighted by Crippen LogP contribution is 2.26. The zero-order valence-electron chi connectivity index (χ0n) is 23.1. The first-order valence-electron chi connectivity index (χ1n) is 13.3. The molecule has 0 unspecified atom stereocenters. The number of ether oxygens (including phenoxy) is 4. The summed E-state index contributed by atoms with van der Waals surface area (Å²) >= 11 is 6.21. The van der Waals surface area contributed by atoms with Gasteiger partial charge in [-0.3, -0.25) is 4.79 Å². The van der Waals surface area contributed by atoms with E-state index in [0.717, 1.165) is 24.8 Å². The van der Waals surface area contributed by atoms with E-state index < -0.39 is 29.1 Å². The molecule has 0 bridgehead atoms. The summed E-state index contributed by atoms with van der Waals surface area (Å²) in [5.41, 5.74) is 1.48. The molecule has 0 heterocycles. The van der Waals surface area contributed by atoms with Crippen molar-refractivity contribution in [1.82, 2.24) is 10.6 Å². The van der Waals surface area contributed by atoms with Crippen molar-refractivity contribution in [2.45, 2.75) is 64.2 Å². The number of rotatable bonds is 16. The van der Waals surface area contributed by atoms with E-state index in [1.807, 2.05) is 30.3 Å². The van der Waals surface area contributed by atoms with Crippen molar-refractivity contribution in [3.8, 4) is 5.75 Å². The van der Waals surface area contributed by atoms with Crippen LogP contribution in [0.25, 0.3) is 0 Å². The molecule has 10 nitrogen and oxygen atoms in total. The highest BCUT2D eigenvalue weighted by atomic mass is 35.5. The molecule has 0 aromatic heterocycles. The Bertz CT molecular complexity index is 1080. The summed E-state index contributed by atoms with van der Waals surface area (Å²) in [6.07, 6.45) is 2.21. The van der Waals surface area contributed by atoms with Gasteiger partial charge in [-0.1, -0.05) is 73.8 Å². The minimum atomic E-state index is -2.52. The standard InChI is InChI=1S/C29H37ClN2O8/c1-4-7-11-18-31-25(33)24(32-28(36)39-20-22-12-9-8-10-13-22)19-21-14-16-23(17-15-21)40-29(30,26(34)37-5-2)27(35)38-6-3/h8-10,12-17,24H,4-7,11,18-20H2,1-3H3,(H,31,33)(H,32,36)/t24-/m0/s1. The van der Waals surface area contributed by atoms with Crippen LogP contribution < -0.4 is 15.4 Å². The van der Waals surface area contributed by atoms with Gasteiger partial charge in [0.1, 0.15) is 18.4 Å². The van der Waals surface area contributed by atoms with E-state index in [4.69, 9.17) is 30.5 Å². The second kappa shape index (κ2) is 17.0. The molecule has 2 aromatic carbocycles. The third kappa shape index (κ3) is 10.4. The lowest BCUT2D eigenvalue weighted by atomic mass is 10.0. The lowest BCUT2D eigenvalue weighted by Crippen LogP contribution is -2.49. The zero-order chi connectivity index (χ0) is 29.4. The Hall–Kier alpha value is -3.79. The summed E-state index contributed by atoms with van der Waals surface area (Å²) in [4.78, 5) is 50.2. The molecule has 2 N–H and O–H groups in total. The van der Waals surface area contributed by atoms with Crippen molar-refractivity contribution in [2.24, 2.45) is 0 Å². The topological polar surface area (TPSA) is 129 Å². The van der Waals surface area contributed by atoms with E-state index in [2.05, 4.69) is 17.6 Å². The van der Waals surface area contributed by atoms with E-state index in [0.29, 0.717) is 12.1 Å². The van der Waals surface area contributed by atoms with Gasteiger partial charge in [-0.05, 0) is 43.5 Å². The average Bonchev–Trinajstić information content (AvgIpc) is 2.95. The summed E-state index contributed by atoms with van der Waals surface area (Å²) < 4.78 is 20.6. The van der Waals surface area contributed by atoms with Crippen LogP contribution in [0.1, 0.15) is 51.2 Å². The van der Waals surface area contributed by atoms with Gasteiger partial charge in [0, 0.05) is 13.0 Å². The number of carbonyl (C=O) groups excluding carboxylic acids is 4. The molecule has 40 heavy (non-hydrogen) atoms. The molecule has 2 amide bonds. The van der Waals surface area contributed by atoms with Crippen molar-refractivity contribution >= 4 is 35.5 Å². The summed E-state index contributed by atoms with van der Waals surface area (Å²) in [7, 11) is 0. The molecule has 1 atom stereocenters. The summed E-state index contributed by atoms with van der Waals surface area (Å²) in [5, 5.41) is 2.98. The Morgan fingerprint density at radius 2 is 1.45 bits per heavy atom. The minimum absolute atomic E-state index is 0.0162. The Balaban J connectivity index is 2.12. The predicted molar refractivity (Wildman–Crippen MR) is 149 cm³/mol. The van der Waals surface area contributed by atoms with Crippen LogP contribution in [-0.2, 0) is 41.6 Å². The molecule has 11 heteroatoms. The number of amides is 2.